The third-order valence-electron chi connectivity index (χ3n) is 4.48. The molecule has 0 aromatic rings. The summed E-state index contributed by atoms with van der Waals surface area (Å²) in [6.07, 6.45) is 9.78. The van der Waals surface area contributed by atoms with Gasteiger partial charge in [0.25, 0.3) is 0 Å². The van der Waals surface area contributed by atoms with Gasteiger partial charge in [-0.3, -0.25) is 4.79 Å². The van der Waals surface area contributed by atoms with Crippen LogP contribution in [0.4, 0.5) is 0 Å². The SMILES string of the molecule is CCOC(=O)C1CCCC(NCCOC2CCCC2)C1. The summed E-state index contributed by atoms with van der Waals surface area (Å²) in [4.78, 5) is 11.8. The molecule has 0 radical (unpaired) electrons. The van der Waals surface area contributed by atoms with Gasteiger partial charge in [0.2, 0.25) is 0 Å². The van der Waals surface area contributed by atoms with Crippen molar-refractivity contribution in [2.24, 2.45) is 5.92 Å². The summed E-state index contributed by atoms with van der Waals surface area (Å²) in [5.74, 6) is 0.0816. The lowest BCUT2D eigenvalue weighted by molar-refractivity contribution is -0.149. The first-order chi connectivity index (χ1) is 9.79. The van der Waals surface area contributed by atoms with E-state index < -0.39 is 0 Å². The second-order valence-corrected chi connectivity index (χ2v) is 6.04. The van der Waals surface area contributed by atoms with E-state index in [4.69, 9.17) is 9.47 Å². The molecular formula is C16H29NO3. The zero-order valence-corrected chi connectivity index (χ0v) is 12.7. The molecular weight excluding hydrogens is 254 g/mol. The van der Waals surface area contributed by atoms with Crippen LogP contribution in [-0.4, -0.2) is 37.9 Å². The molecule has 2 unspecified atom stereocenters. The first kappa shape index (κ1) is 15.8. The van der Waals surface area contributed by atoms with Gasteiger partial charge >= 0.3 is 5.97 Å². The molecule has 2 atom stereocenters. The van der Waals surface area contributed by atoms with E-state index in [0.717, 1.165) is 32.4 Å². The number of nitrogens with one attached hydrogen (secondary N) is 1. The van der Waals surface area contributed by atoms with E-state index in [2.05, 4.69) is 5.32 Å². The maximum atomic E-state index is 11.8. The topological polar surface area (TPSA) is 47.6 Å². The van der Waals surface area contributed by atoms with Crippen molar-refractivity contribution in [2.75, 3.05) is 19.8 Å². The molecule has 0 heterocycles. The average Bonchev–Trinajstić information content (AvgIpc) is 2.97. The van der Waals surface area contributed by atoms with E-state index in [9.17, 15) is 4.79 Å². The standard InChI is InChI=1S/C16H29NO3/c1-2-19-16(18)13-6-5-7-14(12-13)17-10-11-20-15-8-3-4-9-15/h13-15,17H,2-12H2,1H3. The van der Waals surface area contributed by atoms with Gasteiger partial charge in [-0.05, 0) is 39.0 Å². The molecule has 116 valence electrons. The second-order valence-electron chi connectivity index (χ2n) is 6.04. The van der Waals surface area contributed by atoms with Crippen LogP contribution >= 0.6 is 0 Å². The van der Waals surface area contributed by atoms with Crippen LogP contribution in [-0.2, 0) is 14.3 Å². The molecule has 0 amide bonds. The van der Waals surface area contributed by atoms with Crippen LogP contribution in [0.5, 0.6) is 0 Å². The Bertz CT molecular complexity index is 289. The minimum atomic E-state index is -0.0128. The van der Waals surface area contributed by atoms with E-state index in [-0.39, 0.29) is 11.9 Å². The Morgan fingerprint density at radius 2 is 1.95 bits per heavy atom. The van der Waals surface area contributed by atoms with Crippen LogP contribution in [0.3, 0.4) is 0 Å². The first-order valence-electron chi connectivity index (χ1n) is 8.31. The van der Waals surface area contributed by atoms with Crippen molar-refractivity contribution in [1.29, 1.82) is 0 Å². The third kappa shape index (κ3) is 5.06. The van der Waals surface area contributed by atoms with Crippen LogP contribution in [0.1, 0.15) is 58.3 Å². The van der Waals surface area contributed by atoms with E-state index in [1.165, 1.54) is 32.1 Å². The Kier molecular flexibility index (Phi) is 6.80. The highest BCUT2D eigenvalue weighted by atomic mass is 16.5. The molecule has 20 heavy (non-hydrogen) atoms. The normalized spacial score (nSPS) is 27.6. The number of hydrogen-bond donors (Lipinski definition) is 1. The predicted octanol–water partition coefficient (Wildman–Crippen LogP) is 2.66. The van der Waals surface area contributed by atoms with Gasteiger partial charge in [0.1, 0.15) is 0 Å². The van der Waals surface area contributed by atoms with Crippen LogP contribution in [0.15, 0.2) is 0 Å². The maximum Gasteiger partial charge on any atom is 0.308 e. The fourth-order valence-corrected chi connectivity index (χ4v) is 3.39. The number of carbonyl (C=O) groups excluding carboxylic acids is 1. The quantitative estimate of drug-likeness (QED) is 0.576. The highest BCUT2D eigenvalue weighted by Gasteiger charge is 2.27. The minimum absolute atomic E-state index is 0.0128. The summed E-state index contributed by atoms with van der Waals surface area (Å²) >= 11 is 0. The van der Waals surface area contributed by atoms with Gasteiger partial charge in [0.05, 0.1) is 25.2 Å². The lowest BCUT2D eigenvalue weighted by Gasteiger charge is -2.28. The molecule has 0 bridgehead atoms. The van der Waals surface area contributed by atoms with Gasteiger partial charge in [0, 0.05) is 12.6 Å². The first-order valence-corrected chi connectivity index (χ1v) is 8.31. The monoisotopic (exact) mass is 283 g/mol. The fourth-order valence-electron chi connectivity index (χ4n) is 3.39. The Hall–Kier alpha value is -0.610. The molecule has 4 nitrogen and oxygen atoms in total. The molecule has 4 heteroatoms. The number of rotatable bonds is 7. The van der Waals surface area contributed by atoms with Gasteiger partial charge in [0.15, 0.2) is 0 Å². The molecule has 2 aliphatic rings. The van der Waals surface area contributed by atoms with Crippen molar-refractivity contribution in [3.63, 3.8) is 0 Å². The number of hydrogen-bond acceptors (Lipinski definition) is 4. The number of carbonyl (C=O) groups is 1. The van der Waals surface area contributed by atoms with Crippen LogP contribution in [0.25, 0.3) is 0 Å². The summed E-state index contributed by atoms with van der Waals surface area (Å²) in [7, 11) is 0. The summed E-state index contributed by atoms with van der Waals surface area (Å²) in [5.41, 5.74) is 0. The molecule has 2 saturated carbocycles. The van der Waals surface area contributed by atoms with Gasteiger partial charge < -0.3 is 14.8 Å². The summed E-state index contributed by atoms with van der Waals surface area (Å²) in [5, 5.41) is 3.54. The molecule has 0 aromatic carbocycles. The van der Waals surface area contributed by atoms with Crippen molar-refractivity contribution < 1.29 is 14.3 Å². The molecule has 0 saturated heterocycles. The fraction of sp³-hybridized carbons (Fsp3) is 0.938. The molecule has 0 aromatic heterocycles. The molecule has 2 fully saturated rings. The van der Waals surface area contributed by atoms with Crippen LogP contribution in [0, 0.1) is 5.92 Å². The zero-order chi connectivity index (χ0) is 14.2. The van der Waals surface area contributed by atoms with Crippen molar-refractivity contribution in [2.45, 2.75) is 70.4 Å². The van der Waals surface area contributed by atoms with Crippen LogP contribution in [0.2, 0.25) is 0 Å². The number of esters is 1. The van der Waals surface area contributed by atoms with Crippen LogP contribution < -0.4 is 5.32 Å². The van der Waals surface area contributed by atoms with Gasteiger partial charge in [-0.1, -0.05) is 19.3 Å². The molecule has 2 rings (SSSR count). The summed E-state index contributed by atoms with van der Waals surface area (Å²) in [6.45, 7) is 4.06. The van der Waals surface area contributed by atoms with Gasteiger partial charge in [-0.2, -0.15) is 0 Å². The highest BCUT2D eigenvalue weighted by Crippen LogP contribution is 2.25. The Balaban J connectivity index is 1.58. The Morgan fingerprint density at radius 3 is 2.70 bits per heavy atom. The lowest BCUT2D eigenvalue weighted by atomic mass is 9.86. The molecule has 0 spiro atoms. The van der Waals surface area contributed by atoms with Gasteiger partial charge in [-0.15, -0.1) is 0 Å². The third-order valence-corrected chi connectivity index (χ3v) is 4.48. The maximum absolute atomic E-state index is 11.8. The summed E-state index contributed by atoms with van der Waals surface area (Å²) < 4.78 is 11.0. The number of ether oxygens (including phenoxy) is 2. The van der Waals surface area contributed by atoms with E-state index in [0.29, 0.717) is 18.8 Å². The van der Waals surface area contributed by atoms with E-state index in [1.807, 2.05) is 6.92 Å². The smallest absolute Gasteiger partial charge is 0.308 e. The predicted molar refractivity (Wildman–Crippen MR) is 78.6 cm³/mol. The highest BCUT2D eigenvalue weighted by molar-refractivity contribution is 5.72. The average molecular weight is 283 g/mol. The Labute approximate surface area is 122 Å². The van der Waals surface area contributed by atoms with Crippen molar-refractivity contribution in [1.82, 2.24) is 5.32 Å². The lowest BCUT2D eigenvalue weighted by Crippen LogP contribution is -2.38. The largest absolute Gasteiger partial charge is 0.466 e. The molecule has 2 aliphatic carbocycles. The van der Waals surface area contributed by atoms with Crippen molar-refractivity contribution in [3.8, 4) is 0 Å². The van der Waals surface area contributed by atoms with Crippen molar-refractivity contribution >= 4 is 5.97 Å². The zero-order valence-electron chi connectivity index (χ0n) is 12.7. The minimum Gasteiger partial charge on any atom is -0.466 e. The Morgan fingerprint density at radius 1 is 1.15 bits per heavy atom. The summed E-state index contributed by atoms with van der Waals surface area (Å²) in [6, 6.07) is 0.449. The second kappa shape index (κ2) is 8.63. The van der Waals surface area contributed by atoms with E-state index in [1.54, 1.807) is 0 Å². The van der Waals surface area contributed by atoms with E-state index >= 15 is 0 Å². The molecule has 0 aliphatic heterocycles. The molecule has 1 N–H and O–H groups in total. The van der Waals surface area contributed by atoms with Gasteiger partial charge in [-0.25, -0.2) is 0 Å². The van der Waals surface area contributed by atoms with Crippen molar-refractivity contribution in [3.05, 3.63) is 0 Å².